The van der Waals surface area contributed by atoms with Gasteiger partial charge in [0.05, 0.1) is 0 Å². The normalized spacial score (nSPS) is 19.1. The second kappa shape index (κ2) is 1.99. The van der Waals surface area contributed by atoms with Crippen LogP contribution in [0.1, 0.15) is 13.3 Å². The molecule has 0 saturated carbocycles. The minimum atomic E-state index is 1.16. The molecule has 0 saturated heterocycles. The SMILES string of the molecule is CC1=CC(I)=CC1. The second-order valence-corrected chi connectivity index (χ2v) is 3.03. The number of allylic oxidation sites excluding steroid dienone is 4. The highest BCUT2D eigenvalue weighted by molar-refractivity contribution is 14.1. The van der Waals surface area contributed by atoms with E-state index in [-0.39, 0.29) is 0 Å². The molecule has 0 bridgehead atoms. The average Bonchev–Trinajstić information content (AvgIpc) is 1.87. The van der Waals surface area contributed by atoms with E-state index in [1.807, 2.05) is 0 Å². The summed E-state index contributed by atoms with van der Waals surface area (Å²) in [6.07, 6.45) is 5.61. The van der Waals surface area contributed by atoms with Gasteiger partial charge in [0.1, 0.15) is 0 Å². The molecule has 1 rings (SSSR count). The molecule has 0 spiro atoms. The Morgan fingerprint density at radius 3 is 2.57 bits per heavy atom. The zero-order valence-electron chi connectivity index (χ0n) is 4.24. The Balaban J connectivity index is 2.69. The second-order valence-electron chi connectivity index (χ2n) is 1.78. The van der Waals surface area contributed by atoms with Crippen molar-refractivity contribution in [2.45, 2.75) is 13.3 Å². The third-order valence-corrected chi connectivity index (χ3v) is 1.76. The highest BCUT2D eigenvalue weighted by atomic mass is 127. The molecule has 1 aliphatic carbocycles. The lowest BCUT2D eigenvalue weighted by Gasteiger charge is -1.79. The summed E-state index contributed by atoms with van der Waals surface area (Å²) in [5.74, 6) is 0. The first-order chi connectivity index (χ1) is 3.29. The lowest BCUT2D eigenvalue weighted by Crippen LogP contribution is -1.58. The van der Waals surface area contributed by atoms with Gasteiger partial charge in [0, 0.05) is 3.58 Å². The minimum absolute atomic E-state index is 1.16. The zero-order chi connectivity index (χ0) is 5.28. The van der Waals surface area contributed by atoms with Crippen molar-refractivity contribution in [1.29, 1.82) is 0 Å². The summed E-state index contributed by atoms with van der Waals surface area (Å²) in [5.41, 5.74) is 1.48. The van der Waals surface area contributed by atoms with Crippen LogP contribution in [-0.2, 0) is 0 Å². The molecule has 0 aromatic heterocycles. The van der Waals surface area contributed by atoms with Crippen LogP contribution in [0.25, 0.3) is 0 Å². The molecule has 0 N–H and O–H groups in total. The molecule has 0 aromatic rings. The fraction of sp³-hybridized carbons (Fsp3) is 0.333. The Bertz CT molecular complexity index is 131. The van der Waals surface area contributed by atoms with Gasteiger partial charge in [-0.3, -0.25) is 0 Å². The van der Waals surface area contributed by atoms with Crippen LogP contribution in [0.15, 0.2) is 21.3 Å². The molecule has 0 radical (unpaired) electrons. The van der Waals surface area contributed by atoms with Crippen LogP contribution in [0, 0.1) is 0 Å². The number of halogens is 1. The monoisotopic (exact) mass is 206 g/mol. The largest absolute Gasteiger partial charge is 0.0685 e. The highest BCUT2D eigenvalue weighted by Gasteiger charge is 1.95. The quantitative estimate of drug-likeness (QED) is 0.534. The van der Waals surface area contributed by atoms with Crippen molar-refractivity contribution < 1.29 is 0 Å². The zero-order valence-corrected chi connectivity index (χ0v) is 6.40. The van der Waals surface area contributed by atoms with Crippen LogP contribution in [0.3, 0.4) is 0 Å². The van der Waals surface area contributed by atoms with E-state index in [0.29, 0.717) is 0 Å². The maximum Gasteiger partial charge on any atom is 0.00927 e. The van der Waals surface area contributed by atoms with Crippen LogP contribution in [0.4, 0.5) is 0 Å². The van der Waals surface area contributed by atoms with Crippen molar-refractivity contribution in [3.05, 3.63) is 21.3 Å². The van der Waals surface area contributed by atoms with E-state index in [1.54, 1.807) is 0 Å². The van der Waals surface area contributed by atoms with Crippen LogP contribution in [0.5, 0.6) is 0 Å². The topological polar surface area (TPSA) is 0 Å². The Labute approximate surface area is 57.4 Å². The smallest absolute Gasteiger partial charge is 0.00927 e. The molecule has 0 nitrogen and oxygen atoms in total. The van der Waals surface area contributed by atoms with Crippen molar-refractivity contribution >= 4 is 22.6 Å². The van der Waals surface area contributed by atoms with Gasteiger partial charge in [0.2, 0.25) is 0 Å². The van der Waals surface area contributed by atoms with Crippen LogP contribution in [-0.4, -0.2) is 0 Å². The van der Waals surface area contributed by atoms with Gasteiger partial charge in [-0.05, 0) is 42.0 Å². The molecule has 0 atom stereocenters. The molecule has 38 valence electrons. The van der Waals surface area contributed by atoms with Crippen LogP contribution in [0.2, 0.25) is 0 Å². The third-order valence-electron chi connectivity index (χ3n) is 1.00. The van der Waals surface area contributed by atoms with E-state index in [4.69, 9.17) is 0 Å². The number of rotatable bonds is 0. The molecule has 1 heteroatoms. The van der Waals surface area contributed by atoms with Gasteiger partial charge >= 0.3 is 0 Å². The molecule has 0 amide bonds. The Morgan fingerprint density at radius 2 is 2.43 bits per heavy atom. The van der Waals surface area contributed by atoms with Crippen molar-refractivity contribution in [3.8, 4) is 0 Å². The summed E-state index contributed by atoms with van der Waals surface area (Å²) in [6.45, 7) is 2.15. The first kappa shape index (κ1) is 5.35. The van der Waals surface area contributed by atoms with Gasteiger partial charge in [-0.15, -0.1) is 0 Å². The Morgan fingerprint density at radius 1 is 1.71 bits per heavy atom. The number of hydrogen-bond acceptors (Lipinski definition) is 0. The van der Waals surface area contributed by atoms with Gasteiger partial charge in [-0.1, -0.05) is 11.6 Å². The molecular weight excluding hydrogens is 199 g/mol. The van der Waals surface area contributed by atoms with Gasteiger partial charge < -0.3 is 0 Å². The number of hydrogen-bond donors (Lipinski definition) is 0. The lowest BCUT2D eigenvalue weighted by molar-refractivity contribution is 1.25. The van der Waals surface area contributed by atoms with Crippen molar-refractivity contribution in [2.24, 2.45) is 0 Å². The standard InChI is InChI=1S/C6H7I/c1-5-2-3-6(7)4-5/h3-4H,2H2,1H3. The first-order valence-electron chi connectivity index (χ1n) is 2.32. The minimum Gasteiger partial charge on any atom is -0.0685 e. The van der Waals surface area contributed by atoms with E-state index < -0.39 is 0 Å². The van der Waals surface area contributed by atoms with E-state index in [2.05, 4.69) is 41.7 Å². The maximum atomic E-state index is 2.33. The maximum absolute atomic E-state index is 2.33. The molecular formula is C6H7I. The van der Waals surface area contributed by atoms with Gasteiger partial charge in [0.25, 0.3) is 0 Å². The summed E-state index contributed by atoms with van der Waals surface area (Å²) in [6, 6.07) is 0. The van der Waals surface area contributed by atoms with E-state index >= 15 is 0 Å². The third kappa shape index (κ3) is 1.30. The summed E-state index contributed by atoms with van der Waals surface area (Å²) < 4.78 is 1.38. The van der Waals surface area contributed by atoms with E-state index in [9.17, 15) is 0 Å². The molecule has 1 aliphatic rings. The molecule has 0 fully saturated rings. The molecule has 0 aliphatic heterocycles. The van der Waals surface area contributed by atoms with Gasteiger partial charge in [-0.2, -0.15) is 0 Å². The van der Waals surface area contributed by atoms with E-state index in [1.165, 1.54) is 9.15 Å². The first-order valence-corrected chi connectivity index (χ1v) is 3.40. The fourth-order valence-corrected chi connectivity index (χ4v) is 1.36. The Hall–Kier alpha value is 0.210. The van der Waals surface area contributed by atoms with Crippen LogP contribution < -0.4 is 0 Å². The van der Waals surface area contributed by atoms with Gasteiger partial charge in [-0.25, -0.2) is 0 Å². The summed E-state index contributed by atoms with van der Waals surface area (Å²) in [7, 11) is 0. The van der Waals surface area contributed by atoms with Crippen molar-refractivity contribution in [3.63, 3.8) is 0 Å². The van der Waals surface area contributed by atoms with Crippen molar-refractivity contribution in [2.75, 3.05) is 0 Å². The van der Waals surface area contributed by atoms with E-state index in [0.717, 1.165) is 6.42 Å². The highest BCUT2D eigenvalue weighted by Crippen LogP contribution is 2.20. The van der Waals surface area contributed by atoms with Crippen molar-refractivity contribution in [1.82, 2.24) is 0 Å². The van der Waals surface area contributed by atoms with Crippen LogP contribution >= 0.6 is 22.6 Å². The van der Waals surface area contributed by atoms with Gasteiger partial charge in [0.15, 0.2) is 0 Å². The molecule has 0 heterocycles. The Kier molecular flexibility index (Phi) is 1.52. The lowest BCUT2D eigenvalue weighted by atomic mass is 10.3. The predicted octanol–water partition coefficient (Wildman–Crippen LogP) is 2.66. The summed E-state index contributed by atoms with van der Waals surface area (Å²) in [4.78, 5) is 0. The fourth-order valence-electron chi connectivity index (χ4n) is 0.612. The predicted molar refractivity (Wildman–Crippen MR) is 40.5 cm³/mol. The molecule has 7 heavy (non-hydrogen) atoms. The summed E-state index contributed by atoms with van der Waals surface area (Å²) in [5, 5.41) is 0. The molecule has 0 unspecified atom stereocenters. The average molecular weight is 206 g/mol. The summed E-state index contributed by atoms with van der Waals surface area (Å²) >= 11 is 2.33. The molecule has 0 aromatic carbocycles.